The van der Waals surface area contributed by atoms with Crippen LogP contribution in [0, 0.1) is 10.1 Å². The Morgan fingerprint density at radius 2 is 1.59 bits per heavy atom. The van der Waals surface area contributed by atoms with Crippen molar-refractivity contribution >= 4 is 17.3 Å². The van der Waals surface area contributed by atoms with Crippen LogP contribution in [-0.4, -0.2) is 26.0 Å². The molecular weight excluding hydrogens is 348 g/mol. The monoisotopic (exact) mass is 364 g/mol. The third kappa shape index (κ3) is 4.43. The molecule has 0 bridgehead atoms. The predicted molar refractivity (Wildman–Crippen MR) is 98.4 cm³/mol. The topological polar surface area (TPSA) is 109 Å². The summed E-state index contributed by atoms with van der Waals surface area (Å²) in [4.78, 5) is 32.5. The van der Waals surface area contributed by atoms with Crippen LogP contribution in [0.15, 0.2) is 67.0 Å². The predicted octanol–water partition coefficient (Wildman–Crippen LogP) is 3.29. The van der Waals surface area contributed by atoms with E-state index in [1.165, 1.54) is 12.1 Å². The highest BCUT2D eigenvalue weighted by atomic mass is 16.6. The van der Waals surface area contributed by atoms with Crippen LogP contribution < -0.4 is 4.90 Å². The Labute approximate surface area is 154 Å². The van der Waals surface area contributed by atoms with Crippen LogP contribution in [0.1, 0.15) is 21.7 Å². The molecule has 0 saturated carbocycles. The third-order valence-corrected chi connectivity index (χ3v) is 3.92. The highest BCUT2D eigenvalue weighted by Crippen LogP contribution is 2.31. The van der Waals surface area contributed by atoms with E-state index in [0.717, 1.165) is 17.5 Å². The lowest BCUT2D eigenvalue weighted by Crippen LogP contribution is -2.24. The molecule has 3 aromatic rings. The molecule has 27 heavy (non-hydrogen) atoms. The molecule has 0 fully saturated rings. The fourth-order valence-electron chi connectivity index (χ4n) is 2.67. The van der Waals surface area contributed by atoms with Crippen LogP contribution >= 0.6 is 0 Å². The van der Waals surface area contributed by atoms with Gasteiger partial charge in [-0.2, -0.15) is 0 Å². The average molecular weight is 364 g/mol. The summed E-state index contributed by atoms with van der Waals surface area (Å²) in [5.74, 6) is -1.22. The number of nitro groups is 1. The van der Waals surface area contributed by atoms with Crippen LogP contribution in [0.25, 0.3) is 0 Å². The zero-order valence-electron chi connectivity index (χ0n) is 14.2. The van der Waals surface area contributed by atoms with Crippen molar-refractivity contribution in [3.8, 4) is 0 Å². The molecule has 3 rings (SSSR count). The van der Waals surface area contributed by atoms with Crippen LogP contribution in [-0.2, 0) is 13.1 Å². The molecule has 2 heterocycles. The van der Waals surface area contributed by atoms with Gasteiger partial charge in [-0.25, -0.2) is 4.79 Å². The number of nitrogens with zero attached hydrogens (tertiary/aromatic N) is 4. The van der Waals surface area contributed by atoms with E-state index in [1.54, 1.807) is 29.4 Å². The van der Waals surface area contributed by atoms with Crippen molar-refractivity contribution in [2.75, 3.05) is 4.90 Å². The number of aromatic nitrogens is 2. The first-order valence-electron chi connectivity index (χ1n) is 8.11. The Morgan fingerprint density at radius 3 is 2.04 bits per heavy atom. The lowest BCUT2D eigenvalue weighted by atomic mass is 10.1. The maximum absolute atomic E-state index is 11.6. The van der Waals surface area contributed by atoms with E-state index in [2.05, 4.69) is 9.97 Å². The highest BCUT2D eigenvalue weighted by Gasteiger charge is 2.23. The van der Waals surface area contributed by atoms with E-state index in [-0.39, 0.29) is 11.3 Å². The van der Waals surface area contributed by atoms with Crippen molar-refractivity contribution in [3.63, 3.8) is 0 Å². The maximum atomic E-state index is 11.6. The number of carboxylic acids is 1. The minimum atomic E-state index is -1.22. The molecule has 0 amide bonds. The quantitative estimate of drug-likeness (QED) is 0.506. The Morgan fingerprint density at radius 1 is 1.00 bits per heavy atom. The first kappa shape index (κ1) is 18.0. The molecule has 2 aromatic heterocycles. The van der Waals surface area contributed by atoms with Crippen molar-refractivity contribution in [1.82, 2.24) is 9.97 Å². The van der Waals surface area contributed by atoms with E-state index < -0.39 is 10.9 Å². The van der Waals surface area contributed by atoms with Gasteiger partial charge in [-0.15, -0.1) is 0 Å². The van der Waals surface area contributed by atoms with E-state index in [9.17, 15) is 14.9 Å². The van der Waals surface area contributed by atoms with Gasteiger partial charge in [0.15, 0.2) is 0 Å². The molecule has 8 heteroatoms. The number of hydrogen-bond donors (Lipinski definition) is 1. The zero-order valence-corrected chi connectivity index (χ0v) is 14.2. The van der Waals surface area contributed by atoms with E-state index in [4.69, 9.17) is 5.11 Å². The Bertz CT molecular complexity index is 907. The number of benzene rings is 1. The molecule has 0 aliphatic rings. The van der Waals surface area contributed by atoms with E-state index in [1.807, 2.05) is 24.3 Å². The van der Waals surface area contributed by atoms with Gasteiger partial charge in [-0.3, -0.25) is 20.1 Å². The van der Waals surface area contributed by atoms with Crippen molar-refractivity contribution in [1.29, 1.82) is 0 Å². The fourth-order valence-corrected chi connectivity index (χ4v) is 2.67. The largest absolute Gasteiger partial charge is 0.478 e. The lowest BCUT2D eigenvalue weighted by Gasteiger charge is -2.24. The number of aromatic carboxylic acids is 1. The molecule has 0 unspecified atom stereocenters. The second-order valence-electron chi connectivity index (χ2n) is 5.76. The summed E-state index contributed by atoms with van der Waals surface area (Å²) in [7, 11) is 0. The number of rotatable bonds is 7. The van der Waals surface area contributed by atoms with Crippen molar-refractivity contribution < 1.29 is 14.8 Å². The van der Waals surface area contributed by atoms with Gasteiger partial charge in [0, 0.05) is 18.5 Å². The minimum absolute atomic E-state index is 0.138. The van der Waals surface area contributed by atoms with Crippen LogP contribution in [0.4, 0.5) is 11.4 Å². The van der Waals surface area contributed by atoms with Crippen molar-refractivity contribution in [3.05, 3.63) is 94.1 Å². The molecule has 1 aromatic carbocycles. The molecule has 1 N–H and O–H groups in total. The number of pyridine rings is 2. The lowest BCUT2D eigenvalue weighted by molar-refractivity contribution is -0.384. The summed E-state index contributed by atoms with van der Waals surface area (Å²) >= 11 is 0. The highest BCUT2D eigenvalue weighted by molar-refractivity contribution is 5.89. The number of hydrogen-bond acceptors (Lipinski definition) is 6. The molecule has 0 atom stereocenters. The van der Waals surface area contributed by atoms with Crippen molar-refractivity contribution in [2.45, 2.75) is 13.1 Å². The van der Waals surface area contributed by atoms with E-state index >= 15 is 0 Å². The van der Waals surface area contributed by atoms with Crippen LogP contribution in [0.5, 0.6) is 0 Å². The fraction of sp³-hybridized carbons (Fsp3) is 0.105. The molecule has 136 valence electrons. The molecule has 0 aliphatic heterocycles. The summed E-state index contributed by atoms with van der Waals surface area (Å²) in [5.41, 5.74) is 1.35. The number of nitro benzene ring substituents is 1. The first-order chi connectivity index (χ1) is 13.0. The Balaban J connectivity index is 2.03. The first-order valence-corrected chi connectivity index (χ1v) is 8.11. The normalized spacial score (nSPS) is 10.4. The SMILES string of the molecule is O=C(O)c1ccc(N(Cc2ccccn2)Cc2ccccn2)c([N+](=O)[O-])c1. The molecular formula is C19H16N4O4. The van der Waals surface area contributed by atoms with Gasteiger partial charge in [0.05, 0.1) is 35.0 Å². The number of carbonyl (C=O) groups is 1. The molecule has 0 saturated heterocycles. The summed E-state index contributed by atoms with van der Waals surface area (Å²) < 4.78 is 0. The second kappa shape index (κ2) is 8.05. The minimum Gasteiger partial charge on any atom is -0.478 e. The van der Waals surface area contributed by atoms with E-state index in [0.29, 0.717) is 18.8 Å². The number of anilines is 1. The number of carboxylic acid groups (broad SMARTS) is 1. The van der Waals surface area contributed by atoms with Crippen LogP contribution in [0.2, 0.25) is 0 Å². The zero-order chi connectivity index (χ0) is 19.2. The van der Waals surface area contributed by atoms with Gasteiger partial charge in [0.1, 0.15) is 5.69 Å². The van der Waals surface area contributed by atoms with Gasteiger partial charge in [0.25, 0.3) is 5.69 Å². The van der Waals surface area contributed by atoms with Gasteiger partial charge >= 0.3 is 5.97 Å². The summed E-state index contributed by atoms with van der Waals surface area (Å²) in [6.07, 6.45) is 3.30. The maximum Gasteiger partial charge on any atom is 0.335 e. The van der Waals surface area contributed by atoms with Gasteiger partial charge in [0.2, 0.25) is 0 Å². The van der Waals surface area contributed by atoms with Gasteiger partial charge in [-0.05, 0) is 36.4 Å². The molecule has 8 nitrogen and oxygen atoms in total. The third-order valence-electron chi connectivity index (χ3n) is 3.92. The Kier molecular flexibility index (Phi) is 5.36. The molecule has 0 spiro atoms. The molecule has 0 aliphatic carbocycles. The Hall–Kier alpha value is -3.81. The summed E-state index contributed by atoms with van der Waals surface area (Å²) in [6, 6.07) is 14.8. The van der Waals surface area contributed by atoms with Crippen LogP contribution in [0.3, 0.4) is 0 Å². The van der Waals surface area contributed by atoms with Gasteiger partial charge in [-0.1, -0.05) is 12.1 Å². The smallest absolute Gasteiger partial charge is 0.335 e. The van der Waals surface area contributed by atoms with Crippen molar-refractivity contribution in [2.24, 2.45) is 0 Å². The van der Waals surface area contributed by atoms with Gasteiger partial charge < -0.3 is 10.0 Å². The standard InChI is InChI=1S/C19H16N4O4/c24-19(25)14-7-8-17(18(11-14)23(26)27)22(12-15-5-1-3-9-20-15)13-16-6-2-4-10-21-16/h1-11H,12-13H2,(H,24,25). The summed E-state index contributed by atoms with van der Waals surface area (Å²) in [5, 5.41) is 20.7. The summed E-state index contributed by atoms with van der Waals surface area (Å²) in [6.45, 7) is 0.620. The molecule has 0 radical (unpaired) electrons. The average Bonchev–Trinajstić information content (AvgIpc) is 2.68. The second-order valence-corrected chi connectivity index (χ2v) is 5.76.